The number of rotatable bonds is 8. The third-order valence-electron chi connectivity index (χ3n) is 3.96. The van der Waals surface area contributed by atoms with Crippen molar-refractivity contribution in [2.75, 3.05) is 38.5 Å². The minimum Gasteiger partial charge on any atom is -0.316 e. The number of piperidine rings is 1. The Morgan fingerprint density at radius 1 is 1.33 bits per heavy atom. The molecule has 0 saturated carbocycles. The summed E-state index contributed by atoms with van der Waals surface area (Å²) in [6, 6.07) is 7.07. The van der Waals surface area contributed by atoms with Crippen molar-refractivity contribution in [1.29, 1.82) is 0 Å². The van der Waals surface area contributed by atoms with E-state index in [1.807, 2.05) is 12.1 Å². The molecule has 21 heavy (non-hydrogen) atoms. The quantitative estimate of drug-likeness (QED) is 0.738. The highest BCUT2D eigenvalue weighted by Gasteiger charge is 2.16. The van der Waals surface area contributed by atoms with Gasteiger partial charge in [-0.2, -0.15) is 0 Å². The number of halogens is 1. The molecule has 0 amide bonds. The molecular weight excluding hydrogens is 283 g/mol. The van der Waals surface area contributed by atoms with Crippen LogP contribution >= 0.6 is 11.8 Å². The molecule has 0 aromatic heterocycles. The van der Waals surface area contributed by atoms with Gasteiger partial charge in [0.1, 0.15) is 5.82 Å². The Labute approximate surface area is 132 Å². The van der Waals surface area contributed by atoms with Crippen molar-refractivity contribution in [3.05, 3.63) is 30.1 Å². The summed E-state index contributed by atoms with van der Waals surface area (Å²) in [5, 5.41) is 3.49. The molecule has 1 aromatic rings. The molecule has 1 aromatic carbocycles. The van der Waals surface area contributed by atoms with Gasteiger partial charge in [-0.3, -0.25) is 0 Å². The lowest BCUT2D eigenvalue weighted by Crippen LogP contribution is -2.39. The van der Waals surface area contributed by atoms with E-state index in [0.717, 1.165) is 36.2 Å². The number of hydrogen-bond acceptors (Lipinski definition) is 3. The van der Waals surface area contributed by atoms with Gasteiger partial charge < -0.3 is 10.2 Å². The van der Waals surface area contributed by atoms with E-state index in [1.54, 1.807) is 23.9 Å². The summed E-state index contributed by atoms with van der Waals surface area (Å²) in [6.07, 6.45) is 3.83. The van der Waals surface area contributed by atoms with E-state index >= 15 is 0 Å². The maximum absolute atomic E-state index is 13.6. The molecule has 0 aliphatic carbocycles. The molecule has 1 saturated heterocycles. The minimum absolute atomic E-state index is 0.0963. The van der Waals surface area contributed by atoms with Gasteiger partial charge in [-0.25, -0.2) is 4.39 Å². The molecule has 0 spiro atoms. The van der Waals surface area contributed by atoms with Gasteiger partial charge in [-0.05, 0) is 56.9 Å². The molecule has 4 heteroatoms. The molecule has 1 atom stereocenters. The van der Waals surface area contributed by atoms with Crippen LogP contribution in [0.5, 0.6) is 0 Å². The van der Waals surface area contributed by atoms with Crippen LogP contribution in [0.2, 0.25) is 0 Å². The predicted molar refractivity (Wildman–Crippen MR) is 89.4 cm³/mol. The second-order valence-electron chi connectivity index (χ2n) is 5.79. The largest absolute Gasteiger partial charge is 0.316 e. The van der Waals surface area contributed by atoms with Crippen LogP contribution in [-0.2, 0) is 0 Å². The first-order valence-electron chi connectivity index (χ1n) is 8.10. The smallest absolute Gasteiger partial charge is 0.136 e. The third-order valence-corrected chi connectivity index (χ3v) is 4.99. The first-order valence-corrected chi connectivity index (χ1v) is 9.08. The molecule has 1 heterocycles. The topological polar surface area (TPSA) is 15.3 Å². The summed E-state index contributed by atoms with van der Waals surface area (Å²) in [5.74, 6) is 1.64. The van der Waals surface area contributed by atoms with Gasteiger partial charge in [0, 0.05) is 23.7 Å². The maximum Gasteiger partial charge on any atom is 0.136 e. The van der Waals surface area contributed by atoms with Crippen LogP contribution in [0.25, 0.3) is 0 Å². The first-order chi connectivity index (χ1) is 10.3. The van der Waals surface area contributed by atoms with Crippen molar-refractivity contribution >= 4 is 11.8 Å². The van der Waals surface area contributed by atoms with Gasteiger partial charge in [0.05, 0.1) is 0 Å². The van der Waals surface area contributed by atoms with Gasteiger partial charge in [0.15, 0.2) is 0 Å². The summed E-state index contributed by atoms with van der Waals surface area (Å²) in [4.78, 5) is 3.32. The van der Waals surface area contributed by atoms with E-state index < -0.39 is 0 Å². The van der Waals surface area contributed by atoms with E-state index in [4.69, 9.17) is 0 Å². The normalized spacial score (nSPS) is 19.1. The molecule has 1 aliphatic heterocycles. The Morgan fingerprint density at radius 3 is 2.90 bits per heavy atom. The summed E-state index contributed by atoms with van der Waals surface area (Å²) >= 11 is 1.63. The summed E-state index contributed by atoms with van der Waals surface area (Å²) < 4.78 is 13.6. The van der Waals surface area contributed by atoms with Crippen molar-refractivity contribution in [2.24, 2.45) is 5.92 Å². The number of thioether (sulfide) groups is 1. The van der Waals surface area contributed by atoms with Crippen molar-refractivity contribution in [2.45, 2.75) is 31.1 Å². The number of hydrogen-bond donors (Lipinski definition) is 1. The lowest BCUT2D eigenvalue weighted by atomic mass is 9.99. The summed E-state index contributed by atoms with van der Waals surface area (Å²) in [5.41, 5.74) is 0. The molecular formula is C17H27FN2S. The van der Waals surface area contributed by atoms with Gasteiger partial charge in [0.25, 0.3) is 0 Å². The summed E-state index contributed by atoms with van der Waals surface area (Å²) in [7, 11) is 0. The lowest BCUT2D eigenvalue weighted by molar-refractivity contribution is 0.218. The van der Waals surface area contributed by atoms with Crippen LogP contribution in [0.15, 0.2) is 29.2 Å². The third kappa shape index (κ3) is 5.97. The molecule has 1 N–H and O–H groups in total. The number of nitrogens with one attached hydrogen (secondary N) is 1. The van der Waals surface area contributed by atoms with Gasteiger partial charge >= 0.3 is 0 Å². The molecule has 2 rings (SSSR count). The maximum atomic E-state index is 13.6. The molecule has 1 fully saturated rings. The van der Waals surface area contributed by atoms with Crippen LogP contribution in [-0.4, -0.2) is 43.4 Å². The van der Waals surface area contributed by atoms with Gasteiger partial charge in [-0.15, -0.1) is 11.8 Å². The standard InChI is InChI=1S/C17H27FN2S/c1-2-10-20(14-15-6-5-9-19-13-15)11-12-21-17-8-4-3-7-16(17)18/h3-4,7-8,15,19H,2,5-6,9-14H2,1H3. The highest BCUT2D eigenvalue weighted by Crippen LogP contribution is 2.21. The Hall–Kier alpha value is -0.580. The van der Waals surface area contributed by atoms with Gasteiger partial charge in [-0.1, -0.05) is 19.1 Å². The average Bonchev–Trinajstić information content (AvgIpc) is 2.50. The lowest BCUT2D eigenvalue weighted by Gasteiger charge is -2.30. The summed E-state index contributed by atoms with van der Waals surface area (Å²) in [6.45, 7) is 7.93. The van der Waals surface area contributed by atoms with Crippen molar-refractivity contribution in [3.63, 3.8) is 0 Å². The predicted octanol–water partition coefficient (Wildman–Crippen LogP) is 3.63. The second kappa shape index (κ2) is 9.44. The van der Waals surface area contributed by atoms with Crippen LogP contribution < -0.4 is 5.32 Å². The Kier molecular flexibility index (Phi) is 7.54. The fourth-order valence-corrected chi connectivity index (χ4v) is 3.85. The number of nitrogens with zero attached hydrogens (tertiary/aromatic N) is 1. The Balaban J connectivity index is 1.75. The zero-order chi connectivity index (χ0) is 14.9. The second-order valence-corrected chi connectivity index (χ2v) is 6.93. The molecule has 1 unspecified atom stereocenters. The molecule has 2 nitrogen and oxygen atoms in total. The zero-order valence-electron chi connectivity index (χ0n) is 13.0. The highest BCUT2D eigenvalue weighted by molar-refractivity contribution is 7.99. The molecule has 1 aliphatic rings. The van der Waals surface area contributed by atoms with Crippen molar-refractivity contribution in [1.82, 2.24) is 10.2 Å². The zero-order valence-corrected chi connectivity index (χ0v) is 13.8. The molecule has 118 valence electrons. The highest BCUT2D eigenvalue weighted by atomic mass is 32.2. The molecule has 0 bridgehead atoms. The fraction of sp³-hybridized carbons (Fsp3) is 0.647. The minimum atomic E-state index is -0.0963. The van der Waals surface area contributed by atoms with Crippen molar-refractivity contribution < 1.29 is 4.39 Å². The Bertz CT molecular complexity index is 408. The SMILES string of the molecule is CCCN(CCSc1ccccc1F)CC1CCCNC1. The van der Waals surface area contributed by atoms with E-state index in [2.05, 4.69) is 17.1 Å². The van der Waals surface area contributed by atoms with Crippen LogP contribution in [0.3, 0.4) is 0 Å². The van der Waals surface area contributed by atoms with Crippen LogP contribution in [0.1, 0.15) is 26.2 Å². The van der Waals surface area contributed by atoms with E-state index in [-0.39, 0.29) is 5.82 Å². The molecule has 0 radical (unpaired) electrons. The monoisotopic (exact) mass is 310 g/mol. The average molecular weight is 310 g/mol. The number of benzene rings is 1. The van der Waals surface area contributed by atoms with E-state index in [9.17, 15) is 4.39 Å². The fourth-order valence-electron chi connectivity index (χ4n) is 2.90. The van der Waals surface area contributed by atoms with Crippen molar-refractivity contribution in [3.8, 4) is 0 Å². The van der Waals surface area contributed by atoms with E-state index in [0.29, 0.717) is 0 Å². The van der Waals surface area contributed by atoms with Crippen LogP contribution in [0.4, 0.5) is 4.39 Å². The van der Waals surface area contributed by atoms with Gasteiger partial charge in [0.2, 0.25) is 0 Å². The first kappa shape index (κ1) is 16.8. The Morgan fingerprint density at radius 2 is 2.19 bits per heavy atom. The van der Waals surface area contributed by atoms with Crippen LogP contribution in [0, 0.1) is 11.7 Å². The van der Waals surface area contributed by atoms with E-state index in [1.165, 1.54) is 32.4 Å².